The lowest BCUT2D eigenvalue weighted by molar-refractivity contribution is 0.556. The van der Waals surface area contributed by atoms with Crippen LogP contribution in [0.5, 0.6) is 0 Å². The number of hydrogen-bond acceptors (Lipinski definition) is 3. The zero-order valence-corrected chi connectivity index (χ0v) is 10.5. The molecular formula is C13H18N4. The molecule has 1 N–H and O–H groups in total. The Morgan fingerprint density at radius 2 is 2.00 bits per heavy atom. The highest BCUT2D eigenvalue weighted by Gasteiger charge is 2.05. The monoisotopic (exact) mass is 230 g/mol. The molecule has 1 heterocycles. The van der Waals surface area contributed by atoms with Gasteiger partial charge in [0.1, 0.15) is 6.33 Å². The fourth-order valence-corrected chi connectivity index (χ4v) is 1.68. The van der Waals surface area contributed by atoms with Gasteiger partial charge in [-0.25, -0.2) is 4.98 Å². The molecule has 17 heavy (non-hydrogen) atoms. The molecule has 0 spiro atoms. The van der Waals surface area contributed by atoms with Crippen LogP contribution in [-0.4, -0.2) is 14.8 Å². The van der Waals surface area contributed by atoms with Gasteiger partial charge >= 0.3 is 0 Å². The van der Waals surface area contributed by atoms with Gasteiger partial charge in [0.25, 0.3) is 0 Å². The van der Waals surface area contributed by atoms with Crippen molar-refractivity contribution in [3.8, 4) is 0 Å². The Morgan fingerprint density at radius 1 is 1.29 bits per heavy atom. The maximum Gasteiger partial charge on any atom is 0.164 e. The summed E-state index contributed by atoms with van der Waals surface area (Å²) in [4.78, 5) is 4.18. The maximum atomic E-state index is 4.23. The molecule has 0 aliphatic carbocycles. The first-order chi connectivity index (χ1) is 8.15. The first kappa shape index (κ1) is 11.8. The highest BCUT2D eigenvalue weighted by Crippen LogP contribution is 2.13. The van der Waals surface area contributed by atoms with Crippen LogP contribution in [0.3, 0.4) is 0 Å². The van der Waals surface area contributed by atoms with E-state index >= 15 is 0 Å². The van der Waals surface area contributed by atoms with E-state index < -0.39 is 0 Å². The summed E-state index contributed by atoms with van der Waals surface area (Å²) in [7, 11) is 1.87. The largest absolute Gasteiger partial charge is 0.303 e. The van der Waals surface area contributed by atoms with Crippen LogP contribution < -0.4 is 5.32 Å². The number of rotatable bonds is 4. The van der Waals surface area contributed by atoms with Crippen molar-refractivity contribution in [1.29, 1.82) is 0 Å². The quantitative estimate of drug-likeness (QED) is 0.873. The van der Waals surface area contributed by atoms with Gasteiger partial charge in [0, 0.05) is 13.1 Å². The van der Waals surface area contributed by atoms with Gasteiger partial charge < -0.3 is 5.32 Å². The molecule has 0 aliphatic heterocycles. The molecule has 1 atom stereocenters. The van der Waals surface area contributed by atoms with Gasteiger partial charge in [-0.05, 0) is 19.4 Å². The third-order valence-corrected chi connectivity index (χ3v) is 2.79. The third-order valence-electron chi connectivity index (χ3n) is 2.79. The zero-order chi connectivity index (χ0) is 12.3. The second-order valence-electron chi connectivity index (χ2n) is 4.35. The van der Waals surface area contributed by atoms with E-state index in [9.17, 15) is 0 Å². The van der Waals surface area contributed by atoms with Crippen molar-refractivity contribution in [2.45, 2.75) is 26.4 Å². The Kier molecular flexibility index (Phi) is 3.54. The van der Waals surface area contributed by atoms with Crippen molar-refractivity contribution in [2.75, 3.05) is 0 Å². The van der Waals surface area contributed by atoms with Gasteiger partial charge in [-0.15, -0.1) is 0 Å². The van der Waals surface area contributed by atoms with Gasteiger partial charge in [0.15, 0.2) is 5.82 Å². The van der Waals surface area contributed by atoms with E-state index in [-0.39, 0.29) is 0 Å². The number of benzene rings is 1. The molecule has 90 valence electrons. The van der Waals surface area contributed by atoms with E-state index in [1.54, 1.807) is 11.0 Å². The van der Waals surface area contributed by atoms with Crippen molar-refractivity contribution in [3.05, 3.63) is 47.5 Å². The molecule has 0 saturated heterocycles. The average molecular weight is 230 g/mol. The van der Waals surface area contributed by atoms with Crippen molar-refractivity contribution < 1.29 is 0 Å². The fraction of sp³-hybridized carbons (Fsp3) is 0.385. The van der Waals surface area contributed by atoms with Crippen LogP contribution in [0.25, 0.3) is 0 Å². The maximum absolute atomic E-state index is 4.23. The molecule has 0 saturated carbocycles. The average Bonchev–Trinajstić information content (AvgIpc) is 2.73. The topological polar surface area (TPSA) is 42.7 Å². The molecule has 0 amide bonds. The Morgan fingerprint density at radius 3 is 2.59 bits per heavy atom. The summed E-state index contributed by atoms with van der Waals surface area (Å²) < 4.78 is 1.72. The lowest BCUT2D eigenvalue weighted by Crippen LogP contribution is -2.19. The Balaban J connectivity index is 1.93. The third kappa shape index (κ3) is 3.14. The summed E-state index contributed by atoms with van der Waals surface area (Å²) in [5.74, 6) is 0.825. The second-order valence-corrected chi connectivity index (χ2v) is 4.35. The predicted octanol–water partition coefficient (Wildman–Crippen LogP) is 1.97. The predicted molar refractivity (Wildman–Crippen MR) is 67.4 cm³/mol. The van der Waals surface area contributed by atoms with Crippen LogP contribution in [0.4, 0.5) is 0 Å². The van der Waals surface area contributed by atoms with Crippen LogP contribution in [0.1, 0.15) is 29.9 Å². The van der Waals surface area contributed by atoms with Crippen molar-refractivity contribution >= 4 is 0 Å². The summed E-state index contributed by atoms with van der Waals surface area (Å²) >= 11 is 0. The molecule has 0 radical (unpaired) electrons. The number of hydrogen-bond donors (Lipinski definition) is 1. The number of aryl methyl sites for hydroxylation is 2. The van der Waals surface area contributed by atoms with Crippen molar-refractivity contribution in [2.24, 2.45) is 7.05 Å². The summed E-state index contributed by atoms with van der Waals surface area (Å²) in [5.41, 5.74) is 2.57. The highest BCUT2D eigenvalue weighted by atomic mass is 15.3. The zero-order valence-electron chi connectivity index (χ0n) is 10.5. The molecule has 1 aromatic heterocycles. The Hall–Kier alpha value is -1.68. The van der Waals surface area contributed by atoms with Crippen LogP contribution >= 0.6 is 0 Å². The molecule has 1 unspecified atom stereocenters. The van der Waals surface area contributed by atoms with Crippen molar-refractivity contribution in [3.63, 3.8) is 0 Å². The molecular weight excluding hydrogens is 212 g/mol. The van der Waals surface area contributed by atoms with Crippen LogP contribution in [0, 0.1) is 6.92 Å². The molecule has 0 aliphatic rings. The smallest absolute Gasteiger partial charge is 0.164 e. The summed E-state index contributed by atoms with van der Waals surface area (Å²) in [6.07, 6.45) is 1.72. The molecule has 1 aromatic carbocycles. The lowest BCUT2D eigenvalue weighted by atomic mass is 10.1. The summed E-state index contributed by atoms with van der Waals surface area (Å²) in [6.45, 7) is 4.93. The SMILES string of the molecule is Cc1ccc(C(C)NCc2ncn(C)n2)cc1. The van der Waals surface area contributed by atoms with E-state index in [0.717, 1.165) is 5.82 Å². The summed E-state index contributed by atoms with van der Waals surface area (Å²) in [6, 6.07) is 8.87. The number of nitrogens with zero attached hydrogens (tertiary/aromatic N) is 3. The van der Waals surface area contributed by atoms with E-state index in [0.29, 0.717) is 12.6 Å². The minimum atomic E-state index is 0.305. The first-order valence-corrected chi connectivity index (χ1v) is 5.79. The molecule has 0 bridgehead atoms. The van der Waals surface area contributed by atoms with Gasteiger partial charge in [0.2, 0.25) is 0 Å². The Labute approximate surface area is 102 Å². The normalized spacial score (nSPS) is 12.6. The van der Waals surface area contributed by atoms with E-state index in [1.807, 2.05) is 7.05 Å². The second kappa shape index (κ2) is 5.10. The molecule has 4 nitrogen and oxygen atoms in total. The molecule has 0 fully saturated rings. The number of aromatic nitrogens is 3. The fourth-order valence-electron chi connectivity index (χ4n) is 1.68. The number of nitrogens with one attached hydrogen (secondary N) is 1. The molecule has 2 aromatic rings. The van der Waals surface area contributed by atoms with Crippen molar-refractivity contribution in [1.82, 2.24) is 20.1 Å². The Bertz CT molecular complexity index is 472. The van der Waals surface area contributed by atoms with E-state index in [1.165, 1.54) is 11.1 Å². The molecule has 4 heteroatoms. The molecule has 2 rings (SSSR count). The van der Waals surface area contributed by atoms with E-state index in [4.69, 9.17) is 0 Å². The van der Waals surface area contributed by atoms with Crippen LogP contribution in [0.15, 0.2) is 30.6 Å². The summed E-state index contributed by atoms with van der Waals surface area (Å²) in [5, 5.41) is 7.64. The minimum Gasteiger partial charge on any atom is -0.303 e. The van der Waals surface area contributed by atoms with Gasteiger partial charge in [0.05, 0.1) is 6.54 Å². The van der Waals surface area contributed by atoms with Gasteiger partial charge in [-0.2, -0.15) is 5.10 Å². The lowest BCUT2D eigenvalue weighted by Gasteiger charge is -2.13. The van der Waals surface area contributed by atoms with E-state index in [2.05, 4.69) is 53.5 Å². The van der Waals surface area contributed by atoms with Gasteiger partial charge in [-0.3, -0.25) is 4.68 Å². The van der Waals surface area contributed by atoms with Gasteiger partial charge in [-0.1, -0.05) is 29.8 Å². The van der Waals surface area contributed by atoms with Crippen LogP contribution in [-0.2, 0) is 13.6 Å². The highest BCUT2D eigenvalue weighted by molar-refractivity contribution is 5.23. The standard InChI is InChI=1S/C13H18N4/c1-10-4-6-12(7-5-10)11(2)14-8-13-15-9-17(3)16-13/h4-7,9,11,14H,8H2,1-3H3. The first-order valence-electron chi connectivity index (χ1n) is 5.79. The minimum absolute atomic E-state index is 0.305. The van der Waals surface area contributed by atoms with Crippen LogP contribution in [0.2, 0.25) is 0 Å².